The van der Waals surface area contributed by atoms with Gasteiger partial charge in [-0.2, -0.15) is 0 Å². The fourth-order valence-corrected chi connectivity index (χ4v) is 2.41. The Morgan fingerprint density at radius 1 is 1.30 bits per heavy atom. The molecule has 3 rings (SSSR count). The van der Waals surface area contributed by atoms with Gasteiger partial charge in [-0.05, 0) is 30.7 Å². The smallest absolute Gasteiger partial charge is 0.337 e. The summed E-state index contributed by atoms with van der Waals surface area (Å²) >= 11 is 0. The normalized spacial score (nSPS) is 10.8. The molecule has 0 radical (unpaired) electrons. The number of carboxylic acid groups (broad SMARTS) is 1. The zero-order valence-corrected chi connectivity index (χ0v) is 11.1. The number of carboxylic acids is 1. The second kappa shape index (κ2) is 4.81. The first-order chi connectivity index (χ1) is 9.65. The number of nitrogens with zero attached hydrogens (tertiary/aromatic N) is 2. The summed E-state index contributed by atoms with van der Waals surface area (Å²) in [5, 5.41) is 10.0. The van der Waals surface area contributed by atoms with E-state index in [1.54, 1.807) is 12.4 Å². The average molecular weight is 266 g/mol. The first-order valence-corrected chi connectivity index (χ1v) is 6.38. The number of hydrogen-bond donors (Lipinski definition) is 1. The van der Waals surface area contributed by atoms with Crippen LogP contribution in [-0.2, 0) is 6.54 Å². The van der Waals surface area contributed by atoms with Gasteiger partial charge in [-0.15, -0.1) is 0 Å². The minimum atomic E-state index is -0.905. The third-order valence-corrected chi connectivity index (χ3v) is 3.32. The number of pyridine rings is 1. The van der Waals surface area contributed by atoms with Gasteiger partial charge in [0.2, 0.25) is 0 Å². The molecule has 0 spiro atoms. The molecule has 100 valence electrons. The van der Waals surface area contributed by atoms with Gasteiger partial charge in [-0.1, -0.05) is 18.2 Å². The molecule has 4 nitrogen and oxygen atoms in total. The Morgan fingerprint density at radius 3 is 2.85 bits per heavy atom. The molecule has 2 heterocycles. The Morgan fingerprint density at radius 2 is 2.10 bits per heavy atom. The molecule has 3 aromatic rings. The number of fused-ring (bicyclic) bond motifs is 1. The zero-order chi connectivity index (χ0) is 14.1. The Kier molecular flexibility index (Phi) is 2.99. The maximum Gasteiger partial charge on any atom is 0.337 e. The van der Waals surface area contributed by atoms with Gasteiger partial charge in [0.1, 0.15) is 0 Å². The number of rotatable bonds is 3. The van der Waals surface area contributed by atoms with Crippen LogP contribution in [-0.4, -0.2) is 20.6 Å². The first-order valence-electron chi connectivity index (χ1n) is 6.38. The van der Waals surface area contributed by atoms with Crippen molar-refractivity contribution in [2.75, 3.05) is 0 Å². The molecule has 0 unspecified atom stereocenters. The molecule has 1 aromatic carbocycles. The van der Waals surface area contributed by atoms with E-state index in [4.69, 9.17) is 0 Å². The van der Waals surface area contributed by atoms with Crippen molar-refractivity contribution in [3.05, 3.63) is 65.6 Å². The molecule has 0 bridgehead atoms. The fraction of sp³-hybridized carbons (Fsp3) is 0.125. The third kappa shape index (κ3) is 2.16. The molecule has 1 N–H and O–H groups in total. The van der Waals surface area contributed by atoms with Crippen molar-refractivity contribution < 1.29 is 9.90 Å². The summed E-state index contributed by atoms with van der Waals surface area (Å²) in [5.41, 5.74) is 3.30. The van der Waals surface area contributed by atoms with Crippen molar-refractivity contribution >= 4 is 16.9 Å². The van der Waals surface area contributed by atoms with Crippen molar-refractivity contribution in [3.63, 3.8) is 0 Å². The number of aromatic nitrogens is 2. The van der Waals surface area contributed by atoms with Crippen molar-refractivity contribution in [3.8, 4) is 0 Å². The number of aryl methyl sites for hydroxylation is 1. The first kappa shape index (κ1) is 12.4. The maximum absolute atomic E-state index is 11.3. The van der Waals surface area contributed by atoms with E-state index in [-0.39, 0.29) is 0 Å². The van der Waals surface area contributed by atoms with Gasteiger partial charge >= 0.3 is 5.97 Å². The summed E-state index contributed by atoms with van der Waals surface area (Å²) in [7, 11) is 0. The number of aromatic carboxylic acids is 1. The number of carbonyl (C=O) groups is 1. The van der Waals surface area contributed by atoms with Crippen LogP contribution in [0.15, 0.2) is 48.8 Å². The Bertz CT molecular complexity index is 790. The van der Waals surface area contributed by atoms with Gasteiger partial charge in [0, 0.05) is 23.3 Å². The average Bonchev–Trinajstić information content (AvgIpc) is 2.78. The lowest BCUT2D eigenvalue weighted by Crippen LogP contribution is -2.01. The van der Waals surface area contributed by atoms with Gasteiger partial charge in [0.25, 0.3) is 0 Å². The van der Waals surface area contributed by atoms with Crippen molar-refractivity contribution in [1.29, 1.82) is 0 Å². The molecular formula is C16H14N2O2. The van der Waals surface area contributed by atoms with Crippen LogP contribution in [0.5, 0.6) is 0 Å². The number of benzene rings is 1. The van der Waals surface area contributed by atoms with Gasteiger partial charge in [0.15, 0.2) is 0 Å². The molecule has 0 fully saturated rings. The Hall–Kier alpha value is -2.62. The summed E-state index contributed by atoms with van der Waals surface area (Å²) in [6, 6.07) is 11.5. The molecule has 0 atom stereocenters. The van der Waals surface area contributed by atoms with Crippen LogP contribution in [0.1, 0.15) is 21.6 Å². The van der Waals surface area contributed by atoms with Crippen LogP contribution in [0.25, 0.3) is 10.9 Å². The molecule has 0 saturated heterocycles. The largest absolute Gasteiger partial charge is 0.478 e. The van der Waals surface area contributed by atoms with Gasteiger partial charge < -0.3 is 9.67 Å². The lowest BCUT2D eigenvalue weighted by molar-refractivity contribution is 0.0699. The summed E-state index contributed by atoms with van der Waals surface area (Å²) in [5.74, 6) is -0.905. The number of para-hydroxylation sites is 1. The molecule has 0 amide bonds. The quantitative estimate of drug-likeness (QED) is 0.792. The summed E-state index contributed by atoms with van der Waals surface area (Å²) in [6.45, 7) is 2.58. The van der Waals surface area contributed by atoms with Crippen molar-refractivity contribution in [2.24, 2.45) is 0 Å². The van der Waals surface area contributed by atoms with E-state index >= 15 is 0 Å². The molecule has 0 aliphatic heterocycles. The highest BCUT2D eigenvalue weighted by Gasteiger charge is 2.13. The fourth-order valence-electron chi connectivity index (χ4n) is 2.41. The second-order valence-corrected chi connectivity index (χ2v) is 4.82. The summed E-state index contributed by atoms with van der Waals surface area (Å²) < 4.78 is 1.93. The predicted molar refractivity (Wildman–Crippen MR) is 77.0 cm³/mol. The Balaban J connectivity index is 2.10. The van der Waals surface area contributed by atoms with E-state index in [9.17, 15) is 9.90 Å². The van der Waals surface area contributed by atoms with E-state index in [0.29, 0.717) is 12.1 Å². The molecule has 0 saturated carbocycles. The van der Waals surface area contributed by atoms with Crippen LogP contribution in [0.2, 0.25) is 0 Å². The topological polar surface area (TPSA) is 55.1 Å². The van der Waals surface area contributed by atoms with Gasteiger partial charge in [-0.25, -0.2) is 4.79 Å². The predicted octanol–water partition coefficient (Wildman–Crippen LogP) is 3.09. The molecule has 2 aromatic heterocycles. The SMILES string of the molecule is Cc1ccnc(Cn2cc(C(=O)O)c3ccccc32)c1. The Labute approximate surface area is 116 Å². The highest BCUT2D eigenvalue weighted by Crippen LogP contribution is 2.22. The minimum absolute atomic E-state index is 0.327. The highest BCUT2D eigenvalue weighted by atomic mass is 16.4. The van der Waals surface area contributed by atoms with Crippen LogP contribution in [0.4, 0.5) is 0 Å². The van der Waals surface area contributed by atoms with E-state index in [0.717, 1.165) is 22.2 Å². The molecular weight excluding hydrogens is 252 g/mol. The van der Waals surface area contributed by atoms with Crippen molar-refractivity contribution in [1.82, 2.24) is 9.55 Å². The van der Waals surface area contributed by atoms with Gasteiger partial charge in [-0.3, -0.25) is 4.98 Å². The monoisotopic (exact) mass is 266 g/mol. The van der Waals surface area contributed by atoms with Crippen LogP contribution >= 0.6 is 0 Å². The summed E-state index contributed by atoms with van der Waals surface area (Å²) in [6.07, 6.45) is 3.45. The van der Waals surface area contributed by atoms with Crippen LogP contribution in [0.3, 0.4) is 0 Å². The molecule has 0 aliphatic carbocycles. The molecule has 20 heavy (non-hydrogen) atoms. The molecule has 4 heteroatoms. The van der Waals surface area contributed by atoms with E-state index < -0.39 is 5.97 Å². The standard InChI is InChI=1S/C16H14N2O2/c1-11-6-7-17-12(8-11)9-18-10-14(16(19)20)13-4-2-3-5-15(13)18/h2-8,10H,9H2,1H3,(H,19,20). The highest BCUT2D eigenvalue weighted by molar-refractivity contribution is 6.03. The third-order valence-electron chi connectivity index (χ3n) is 3.32. The molecule has 0 aliphatic rings. The van der Waals surface area contributed by atoms with Crippen LogP contribution < -0.4 is 0 Å². The zero-order valence-electron chi connectivity index (χ0n) is 11.1. The van der Waals surface area contributed by atoms with E-state index in [1.165, 1.54) is 0 Å². The lowest BCUT2D eigenvalue weighted by atomic mass is 10.2. The van der Waals surface area contributed by atoms with E-state index in [1.807, 2.05) is 47.9 Å². The van der Waals surface area contributed by atoms with Gasteiger partial charge in [0.05, 0.1) is 17.8 Å². The second-order valence-electron chi connectivity index (χ2n) is 4.82. The lowest BCUT2D eigenvalue weighted by Gasteiger charge is -2.05. The van der Waals surface area contributed by atoms with E-state index in [2.05, 4.69) is 4.98 Å². The minimum Gasteiger partial charge on any atom is -0.478 e. The number of hydrogen-bond acceptors (Lipinski definition) is 2. The van der Waals surface area contributed by atoms with Crippen LogP contribution in [0, 0.1) is 6.92 Å². The summed E-state index contributed by atoms with van der Waals surface area (Å²) in [4.78, 5) is 15.6. The maximum atomic E-state index is 11.3. The van der Waals surface area contributed by atoms with Crippen molar-refractivity contribution in [2.45, 2.75) is 13.5 Å².